The number of aryl methyl sites for hydroxylation is 1. The third-order valence-electron chi connectivity index (χ3n) is 2.53. The molecule has 0 aliphatic heterocycles. The van der Waals surface area contributed by atoms with Crippen molar-refractivity contribution in [1.82, 2.24) is 14.3 Å². The van der Waals surface area contributed by atoms with Crippen molar-refractivity contribution in [1.29, 1.82) is 0 Å². The molecule has 0 saturated carbocycles. The first-order valence-electron chi connectivity index (χ1n) is 5.52. The molecule has 7 heteroatoms. The predicted octanol–water partition coefficient (Wildman–Crippen LogP) is 1.76. The van der Waals surface area contributed by atoms with Gasteiger partial charge in [0.25, 0.3) is 0 Å². The topological polar surface area (TPSA) is 77.0 Å². The molecule has 2 aromatic rings. The summed E-state index contributed by atoms with van der Waals surface area (Å²) in [5.74, 6) is 0.461. The van der Waals surface area contributed by atoms with Crippen LogP contribution in [0.5, 0.6) is 0 Å². The number of nitrogens with zero attached hydrogens (tertiary/aromatic N) is 3. The molecule has 6 nitrogen and oxygen atoms in total. The third-order valence-corrected chi connectivity index (χ3v) is 3.37. The van der Waals surface area contributed by atoms with E-state index < -0.39 is 0 Å². The van der Waals surface area contributed by atoms with Gasteiger partial charge in [-0.15, -0.1) is 0 Å². The molecule has 18 heavy (non-hydrogen) atoms. The zero-order valence-corrected chi connectivity index (χ0v) is 11.2. The number of nitrogens with one attached hydrogen (secondary N) is 1. The molecule has 2 rings (SSSR count). The van der Waals surface area contributed by atoms with E-state index in [0.717, 1.165) is 15.9 Å². The Hall–Kier alpha value is -1.76. The second-order valence-corrected chi connectivity index (χ2v) is 4.75. The standard InChI is InChI=1S/C11H14N4O2S/c1-6(4-8(16)17-3)14-10-9-7(2)15-18-11(9)13-5-12-10/h5-6H,4H2,1-3H3,(H,12,13,14). The fourth-order valence-electron chi connectivity index (χ4n) is 1.65. The molecule has 1 unspecified atom stereocenters. The van der Waals surface area contributed by atoms with E-state index in [1.165, 1.54) is 25.0 Å². The number of aromatic nitrogens is 3. The van der Waals surface area contributed by atoms with Gasteiger partial charge in [-0.1, -0.05) is 0 Å². The van der Waals surface area contributed by atoms with Gasteiger partial charge in [0, 0.05) is 6.04 Å². The van der Waals surface area contributed by atoms with E-state index in [1.54, 1.807) is 0 Å². The molecule has 0 spiro atoms. The fraction of sp³-hybridized carbons (Fsp3) is 0.455. The van der Waals surface area contributed by atoms with Crippen molar-refractivity contribution in [3.8, 4) is 0 Å². The summed E-state index contributed by atoms with van der Waals surface area (Å²) >= 11 is 1.34. The van der Waals surface area contributed by atoms with Crippen molar-refractivity contribution < 1.29 is 9.53 Å². The first-order chi connectivity index (χ1) is 8.61. The van der Waals surface area contributed by atoms with Crippen LogP contribution in [0.4, 0.5) is 5.82 Å². The van der Waals surface area contributed by atoms with Gasteiger partial charge in [-0.05, 0) is 25.4 Å². The van der Waals surface area contributed by atoms with Gasteiger partial charge in [-0.3, -0.25) is 4.79 Å². The highest BCUT2D eigenvalue weighted by Crippen LogP contribution is 2.26. The Bertz CT molecular complexity index is 569. The maximum Gasteiger partial charge on any atom is 0.307 e. The number of rotatable bonds is 4. The molecular weight excluding hydrogens is 252 g/mol. The second-order valence-electron chi connectivity index (χ2n) is 4.00. The maximum absolute atomic E-state index is 11.2. The van der Waals surface area contributed by atoms with Crippen LogP contribution in [0, 0.1) is 6.92 Å². The van der Waals surface area contributed by atoms with E-state index in [4.69, 9.17) is 0 Å². The van der Waals surface area contributed by atoms with Crippen LogP contribution in [0.2, 0.25) is 0 Å². The summed E-state index contributed by atoms with van der Waals surface area (Å²) in [7, 11) is 1.38. The van der Waals surface area contributed by atoms with Crippen LogP contribution in [0.25, 0.3) is 10.2 Å². The Kier molecular flexibility index (Phi) is 3.71. The molecule has 2 aromatic heterocycles. The fourth-order valence-corrected chi connectivity index (χ4v) is 2.39. The van der Waals surface area contributed by atoms with Gasteiger partial charge in [-0.2, -0.15) is 4.37 Å². The van der Waals surface area contributed by atoms with Crippen LogP contribution < -0.4 is 5.32 Å². The van der Waals surface area contributed by atoms with Crippen molar-refractivity contribution >= 4 is 33.5 Å². The molecule has 0 bridgehead atoms. The highest BCUT2D eigenvalue weighted by Gasteiger charge is 2.14. The van der Waals surface area contributed by atoms with Crippen LogP contribution in [0.3, 0.4) is 0 Å². The molecule has 96 valence electrons. The number of ether oxygens (including phenoxy) is 1. The van der Waals surface area contributed by atoms with Crippen molar-refractivity contribution in [3.63, 3.8) is 0 Å². The van der Waals surface area contributed by atoms with E-state index >= 15 is 0 Å². The number of hydrogen-bond acceptors (Lipinski definition) is 7. The largest absolute Gasteiger partial charge is 0.469 e. The number of fused-ring (bicyclic) bond motifs is 1. The normalized spacial score (nSPS) is 12.4. The Morgan fingerprint density at radius 2 is 2.33 bits per heavy atom. The molecule has 1 atom stereocenters. The average Bonchev–Trinajstić information content (AvgIpc) is 2.72. The molecule has 0 amide bonds. The molecule has 0 aliphatic carbocycles. The monoisotopic (exact) mass is 266 g/mol. The Labute approximate surface area is 109 Å². The quantitative estimate of drug-likeness (QED) is 0.850. The molecule has 0 saturated heterocycles. The lowest BCUT2D eigenvalue weighted by atomic mass is 10.2. The minimum absolute atomic E-state index is 0.0603. The number of methoxy groups -OCH3 is 1. The summed E-state index contributed by atoms with van der Waals surface area (Å²) < 4.78 is 8.88. The van der Waals surface area contributed by atoms with E-state index in [1.807, 2.05) is 13.8 Å². The van der Waals surface area contributed by atoms with Crippen molar-refractivity contribution in [2.45, 2.75) is 26.3 Å². The van der Waals surface area contributed by atoms with Gasteiger partial charge in [-0.25, -0.2) is 9.97 Å². The van der Waals surface area contributed by atoms with Crippen LogP contribution in [0.1, 0.15) is 19.0 Å². The maximum atomic E-state index is 11.2. The molecule has 0 aromatic carbocycles. The van der Waals surface area contributed by atoms with Gasteiger partial charge in [0.05, 0.1) is 24.6 Å². The van der Waals surface area contributed by atoms with Crippen LogP contribution in [-0.2, 0) is 9.53 Å². The first kappa shape index (κ1) is 12.7. The van der Waals surface area contributed by atoms with Gasteiger partial charge in [0.2, 0.25) is 0 Å². The number of anilines is 1. The van der Waals surface area contributed by atoms with Gasteiger partial charge >= 0.3 is 5.97 Å². The molecule has 0 aliphatic rings. The lowest BCUT2D eigenvalue weighted by Crippen LogP contribution is -2.21. The minimum Gasteiger partial charge on any atom is -0.469 e. The first-order valence-corrected chi connectivity index (χ1v) is 6.29. The number of esters is 1. The number of carbonyl (C=O) groups excluding carboxylic acids is 1. The molecule has 1 N–H and O–H groups in total. The summed E-state index contributed by atoms with van der Waals surface area (Å²) in [4.78, 5) is 20.4. The zero-order valence-electron chi connectivity index (χ0n) is 10.4. The summed E-state index contributed by atoms with van der Waals surface area (Å²) in [6.45, 7) is 3.82. The summed E-state index contributed by atoms with van der Waals surface area (Å²) in [5.41, 5.74) is 0.892. The average molecular weight is 266 g/mol. The molecule has 2 heterocycles. The predicted molar refractivity (Wildman–Crippen MR) is 69.7 cm³/mol. The van der Waals surface area contributed by atoms with Crippen molar-refractivity contribution in [2.24, 2.45) is 0 Å². The number of carbonyl (C=O) groups is 1. The highest BCUT2D eigenvalue weighted by atomic mass is 32.1. The lowest BCUT2D eigenvalue weighted by molar-refractivity contribution is -0.140. The van der Waals surface area contributed by atoms with Crippen LogP contribution >= 0.6 is 11.5 Å². The van der Waals surface area contributed by atoms with E-state index in [-0.39, 0.29) is 12.0 Å². The molecule has 0 fully saturated rings. The molecule has 0 radical (unpaired) electrons. The summed E-state index contributed by atoms with van der Waals surface area (Å²) in [6, 6.07) is -0.0603. The Balaban J connectivity index is 2.21. The van der Waals surface area contributed by atoms with Crippen LogP contribution in [-0.4, -0.2) is 33.5 Å². The van der Waals surface area contributed by atoms with Crippen LogP contribution in [0.15, 0.2) is 6.33 Å². The second kappa shape index (κ2) is 5.26. The van der Waals surface area contributed by atoms with Gasteiger partial charge in [0.15, 0.2) is 0 Å². The molecular formula is C11H14N4O2S. The lowest BCUT2D eigenvalue weighted by Gasteiger charge is -2.13. The van der Waals surface area contributed by atoms with Gasteiger partial charge < -0.3 is 10.1 Å². The minimum atomic E-state index is -0.250. The summed E-state index contributed by atoms with van der Waals surface area (Å²) in [6.07, 6.45) is 1.78. The Morgan fingerprint density at radius 3 is 3.06 bits per heavy atom. The SMILES string of the molecule is COC(=O)CC(C)Nc1ncnc2snc(C)c12. The van der Waals surface area contributed by atoms with E-state index in [0.29, 0.717) is 12.2 Å². The highest BCUT2D eigenvalue weighted by molar-refractivity contribution is 7.13. The van der Waals surface area contributed by atoms with Crippen molar-refractivity contribution in [3.05, 3.63) is 12.0 Å². The van der Waals surface area contributed by atoms with E-state index in [2.05, 4.69) is 24.4 Å². The summed E-state index contributed by atoms with van der Waals surface area (Å²) in [5, 5.41) is 4.11. The number of hydrogen-bond donors (Lipinski definition) is 1. The zero-order chi connectivity index (χ0) is 13.1. The van der Waals surface area contributed by atoms with Crippen molar-refractivity contribution in [2.75, 3.05) is 12.4 Å². The van der Waals surface area contributed by atoms with E-state index in [9.17, 15) is 4.79 Å². The Morgan fingerprint density at radius 1 is 1.56 bits per heavy atom. The third kappa shape index (κ3) is 2.56. The smallest absolute Gasteiger partial charge is 0.307 e. The van der Waals surface area contributed by atoms with Gasteiger partial charge in [0.1, 0.15) is 17.0 Å².